The molecule has 18 heavy (non-hydrogen) atoms. The fourth-order valence-electron chi connectivity index (χ4n) is 1.14. The van der Waals surface area contributed by atoms with Crippen molar-refractivity contribution in [3.8, 4) is 24.0 Å². The third kappa shape index (κ3) is 2.92. The first-order chi connectivity index (χ1) is 8.65. The van der Waals surface area contributed by atoms with Gasteiger partial charge in [0.05, 0.1) is 17.8 Å². The van der Waals surface area contributed by atoms with E-state index in [0.29, 0.717) is 16.5 Å². The van der Waals surface area contributed by atoms with Gasteiger partial charge in [0.25, 0.3) is 0 Å². The Morgan fingerprint density at radius 1 is 1.22 bits per heavy atom. The lowest BCUT2D eigenvalue weighted by Crippen LogP contribution is -2.01. The molecule has 0 aliphatic carbocycles. The number of nitrogens with zero attached hydrogens (tertiary/aromatic N) is 3. The van der Waals surface area contributed by atoms with Crippen molar-refractivity contribution in [2.45, 2.75) is 0 Å². The van der Waals surface area contributed by atoms with Crippen molar-refractivity contribution in [2.75, 3.05) is 12.4 Å². The number of rotatable bonds is 3. The fourth-order valence-corrected chi connectivity index (χ4v) is 1.36. The third-order valence-corrected chi connectivity index (χ3v) is 2.33. The molecule has 0 saturated heterocycles. The van der Waals surface area contributed by atoms with Crippen LogP contribution in [0.2, 0.25) is 5.02 Å². The number of methoxy groups -OCH3 is 1. The van der Waals surface area contributed by atoms with Crippen molar-refractivity contribution in [3.63, 3.8) is 0 Å². The molecule has 1 N–H and O–H groups in total. The van der Waals surface area contributed by atoms with Crippen LogP contribution in [-0.2, 0) is 0 Å². The lowest BCUT2D eigenvalue weighted by molar-refractivity contribution is 0.415. The Morgan fingerprint density at radius 2 is 1.89 bits per heavy atom. The second-order valence-electron chi connectivity index (χ2n) is 3.06. The van der Waals surface area contributed by atoms with Crippen molar-refractivity contribution in [3.05, 3.63) is 34.5 Å². The SMILES string of the molecule is COc1ccc(NC(C#N)=C(C#N)C#N)c(Cl)c1. The van der Waals surface area contributed by atoms with Gasteiger partial charge in [-0.2, -0.15) is 15.8 Å². The monoisotopic (exact) mass is 258 g/mol. The molecule has 1 aromatic carbocycles. The second-order valence-corrected chi connectivity index (χ2v) is 3.46. The Morgan fingerprint density at radius 3 is 2.33 bits per heavy atom. The lowest BCUT2D eigenvalue weighted by Gasteiger charge is -2.08. The van der Waals surface area contributed by atoms with Crippen LogP contribution in [0.3, 0.4) is 0 Å². The van der Waals surface area contributed by atoms with Gasteiger partial charge in [-0.3, -0.25) is 0 Å². The van der Waals surface area contributed by atoms with Crippen molar-refractivity contribution in [1.29, 1.82) is 15.8 Å². The molecule has 0 saturated carbocycles. The first kappa shape index (κ1) is 13.4. The zero-order valence-electron chi connectivity index (χ0n) is 9.36. The molecule has 0 bridgehead atoms. The van der Waals surface area contributed by atoms with Crippen LogP contribution in [0.4, 0.5) is 5.69 Å². The van der Waals surface area contributed by atoms with Crippen molar-refractivity contribution >= 4 is 17.3 Å². The Balaban J connectivity index is 3.14. The van der Waals surface area contributed by atoms with E-state index in [1.807, 2.05) is 0 Å². The average molecular weight is 259 g/mol. The van der Waals surface area contributed by atoms with Crippen LogP contribution >= 0.6 is 11.6 Å². The topological polar surface area (TPSA) is 92.6 Å². The second kappa shape index (κ2) is 6.15. The highest BCUT2D eigenvalue weighted by Crippen LogP contribution is 2.27. The minimum atomic E-state index is -0.301. The maximum Gasteiger partial charge on any atom is 0.163 e. The van der Waals surface area contributed by atoms with E-state index < -0.39 is 0 Å². The molecular weight excluding hydrogens is 252 g/mol. The Labute approximate surface area is 109 Å². The van der Waals surface area contributed by atoms with Crippen LogP contribution in [0.25, 0.3) is 0 Å². The summed E-state index contributed by atoms with van der Waals surface area (Å²) in [6.07, 6.45) is 0. The summed E-state index contributed by atoms with van der Waals surface area (Å²) in [6.45, 7) is 0. The van der Waals surface area contributed by atoms with Gasteiger partial charge in [-0.1, -0.05) is 11.6 Å². The summed E-state index contributed by atoms with van der Waals surface area (Å²) in [6, 6.07) is 9.78. The molecule has 6 heteroatoms. The van der Waals surface area contributed by atoms with Crippen LogP contribution in [0.1, 0.15) is 0 Å². The van der Waals surface area contributed by atoms with E-state index in [1.165, 1.54) is 7.11 Å². The van der Waals surface area contributed by atoms with Gasteiger partial charge in [0.1, 0.15) is 29.7 Å². The predicted octanol–water partition coefficient (Wildman–Crippen LogP) is 2.59. The average Bonchev–Trinajstić information content (AvgIpc) is 2.40. The highest BCUT2D eigenvalue weighted by atomic mass is 35.5. The molecular formula is C12H7ClN4O. The molecule has 1 aromatic rings. The molecule has 0 aromatic heterocycles. The normalized spacial score (nSPS) is 8.39. The van der Waals surface area contributed by atoms with E-state index in [4.69, 9.17) is 32.1 Å². The summed E-state index contributed by atoms with van der Waals surface area (Å²) in [5, 5.41) is 29.2. The van der Waals surface area contributed by atoms with Gasteiger partial charge < -0.3 is 10.1 Å². The molecule has 1 rings (SSSR count). The zero-order valence-corrected chi connectivity index (χ0v) is 10.1. The molecule has 0 radical (unpaired) electrons. The number of allylic oxidation sites excluding steroid dienone is 2. The molecule has 0 aliphatic heterocycles. The molecule has 0 atom stereocenters. The number of anilines is 1. The van der Waals surface area contributed by atoms with Crippen LogP contribution in [-0.4, -0.2) is 7.11 Å². The molecule has 0 amide bonds. The van der Waals surface area contributed by atoms with Gasteiger partial charge in [-0.15, -0.1) is 0 Å². The predicted molar refractivity (Wildman–Crippen MR) is 65.5 cm³/mol. The molecule has 0 aliphatic rings. The zero-order chi connectivity index (χ0) is 13.5. The van der Waals surface area contributed by atoms with Gasteiger partial charge in [0, 0.05) is 6.07 Å². The quantitative estimate of drug-likeness (QED) is 0.841. The van der Waals surface area contributed by atoms with Crippen molar-refractivity contribution in [2.24, 2.45) is 0 Å². The summed E-state index contributed by atoms with van der Waals surface area (Å²) in [5.41, 5.74) is -0.0338. The third-order valence-electron chi connectivity index (χ3n) is 2.02. The number of benzene rings is 1. The molecule has 0 fully saturated rings. The van der Waals surface area contributed by atoms with E-state index in [-0.39, 0.29) is 11.3 Å². The van der Waals surface area contributed by atoms with E-state index in [2.05, 4.69) is 5.32 Å². The van der Waals surface area contributed by atoms with Crippen molar-refractivity contribution < 1.29 is 4.74 Å². The van der Waals surface area contributed by atoms with Crippen LogP contribution in [0.15, 0.2) is 29.5 Å². The number of ether oxygens (including phenoxy) is 1. The maximum atomic E-state index is 8.87. The van der Waals surface area contributed by atoms with Crippen LogP contribution in [0.5, 0.6) is 5.75 Å². The number of halogens is 1. The van der Waals surface area contributed by atoms with Gasteiger partial charge in [-0.05, 0) is 12.1 Å². The number of hydrogen-bond acceptors (Lipinski definition) is 5. The lowest BCUT2D eigenvalue weighted by atomic mass is 10.2. The van der Waals surface area contributed by atoms with E-state index in [0.717, 1.165) is 0 Å². The summed E-state index contributed by atoms with van der Waals surface area (Å²) < 4.78 is 4.98. The highest BCUT2D eigenvalue weighted by molar-refractivity contribution is 6.33. The molecule has 0 spiro atoms. The Bertz CT molecular complexity index is 600. The molecule has 88 valence electrons. The minimum absolute atomic E-state index is 0.146. The minimum Gasteiger partial charge on any atom is -0.497 e. The van der Waals surface area contributed by atoms with E-state index >= 15 is 0 Å². The molecule has 0 heterocycles. The summed E-state index contributed by atoms with van der Waals surface area (Å²) in [5.74, 6) is 0.564. The summed E-state index contributed by atoms with van der Waals surface area (Å²) in [4.78, 5) is 0. The summed E-state index contributed by atoms with van der Waals surface area (Å²) in [7, 11) is 1.50. The van der Waals surface area contributed by atoms with Gasteiger partial charge in [0.2, 0.25) is 0 Å². The largest absolute Gasteiger partial charge is 0.497 e. The maximum absolute atomic E-state index is 8.87. The number of nitriles is 3. The molecule has 0 unspecified atom stereocenters. The van der Waals surface area contributed by atoms with E-state index in [1.54, 1.807) is 36.4 Å². The van der Waals surface area contributed by atoms with E-state index in [9.17, 15) is 0 Å². The van der Waals surface area contributed by atoms with Gasteiger partial charge in [-0.25, -0.2) is 0 Å². The first-order valence-electron chi connectivity index (χ1n) is 4.71. The fraction of sp³-hybridized carbons (Fsp3) is 0.0833. The van der Waals surface area contributed by atoms with Gasteiger partial charge >= 0.3 is 0 Å². The van der Waals surface area contributed by atoms with Crippen LogP contribution in [0, 0.1) is 34.0 Å². The van der Waals surface area contributed by atoms with Crippen molar-refractivity contribution in [1.82, 2.24) is 0 Å². The number of nitrogens with one attached hydrogen (secondary N) is 1. The Hall–Kier alpha value is -2.68. The molecule has 5 nitrogen and oxygen atoms in total. The standard InChI is InChI=1S/C12H7ClN4O/c1-18-9-2-3-11(10(13)4-9)17-12(7-16)8(5-14)6-15/h2-4,17H,1H3. The van der Waals surface area contributed by atoms with Crippen LogP contribution < -0.4 is 10.1 Å². The highest BCUT2D eigenvalue weighted by Gasteiger charge is 2.09. The smallest absolute Gasteiger partial charge is 0.163 e. The summed E-state index contributed by atoms with van der Waals surface area (Å²) >= 11 is 5.96. The first-order valence-corrected chi connectivity index (χ1v) is 5.09. The number of hydrogen-bond donors (Lipinski definition) is 1. The Kier molecular flexibility index (Phi) is 4.58. The van der Waals surface area contributed by atoms with Gasteiger partial charge in [0.15, 0.2) is 5.57 Å².